The zero-order valence-electron chi connectivity index (χ0n) is 12.1. The van der Waals surface area contributed by atoms with Gasteiger partial charge in [-0.2, -0.15) is 0 Å². The van der Waals surface area contributed by atoms with E-state index >= 15 is 0 Å². The molecule has 2 unspecified atom stereocenters. The van der Waals surface area contributed by atoms with E-state index in [0.29, 0.717) is 0 Å². The minimum absolute atomic E-state index is 0.0269. The van der Waals surface area contributed by atoms with Crippen molar-refractivity contribution < 1.29 is 24.5 Å². The molecule has 1 aromatic rings. The lowest BCUT2D eigenvalue weighted by atomic mass is 9.93. The van der Waals surface area contributed by atoms with Crippen LogP contribution in [0.15, 0.2) is 6.33 Å². The van der Waals surface area contributed by atoms with Gasteiger partial charge in [0.25, 0.3) is 11.9 Å². The van der Waals surface area contributed by atoms with Crippen molar-refractivity contribution in [1.82, 2.24) is 14.8 Å². The van der Waals surface area contributed by atoms with E-state index in [1.54, 1.807) is 0 Å². The molecule has 2 heterocycles. The minimum Gasteiger partial charge on any atom is -0.481 e. The number of nitrogens with zero attached hydrogens (tertiary/aromatic N) is 3. The van der Waals surface area contributed by atoms with E-state index in [0.717, 1.165) is 6.92 Å². The second-order valence-electron chi connectivity index (χ2n) is 4.90. The monoisotopic (exact) mass is 300 g/mol. The van der Waals surface area contributed by atoms with Crippen LogP contribution in [0.1, 0.15) is 37.6 Å². The lowest BCUT2D eigenvalue weighted by molar-refractivity contribution is -0.134. The second kappa shape index (κ2) is 7.14. The average molecular weight is 300 g/mol. The Morgan fingerprint density at radius 2 is 2.00 bits per heavy atom. The van der Waals surface area contributed by atoms with Gasteiger partial charge in [-0.05, 0) is 5.92 Å². The summed E-state index contributed by atoms with van der Waals surface area (Å²) in [6.07, 6.45) is 0.896. The Bertz CT molecular complexity index is 500. The highest BCUT2D eigenvalue weighted by Gasteiger charge is 2.40. The van der Waals surface area contributed by atoms with Gasteiger partial charge in [-0.3, -0.25) is 9.59 Å². The van der Waals surface area contributed by atoms with Crippen molar-refractivity contribution in [3.63, 3.8) is 0 Å². The number of aliphatic hydroxyl groups is 1. The number of carboxylic acids is 1. The number of rotatable bonds is 3. The van der Waals surface area contributed by atoms with E-state index in [-0.39, 0.29) is 36.6 Å². The fourth-order valence-electron chi connectivity index (χ4n) is 2.05. The number of hydrogen-bond donors (Lipinski definition) is 3. The summed E-state index contributed by atoms with van der Waals surface area (Å²) < 4.78 is 7.16. The number of amides is 1. The van der Waals surface area contributed by atoms with Crippen molar-refractivity contribution in [1.29, 1.82) is 0 Å². The van der Waals surface area contributed by atoms with Gasteiger partial charge in [0, 0.05) is 12.8 Å². The number of aromatic nitrogens is 3. The fourth-order valence-corrected chi connectivity index (χ4v) is 2.05. The van der Waals surface area contributed by atoms with Crippen molar-refractivity contribution in [3.8, 4) is 0 Å². The Kier molecular flexibility index (Phi) is 5.79. The van der Waals surface area contributed by atoms with Crippen LogP contribution < -0.4 is 5.73 Å². The van der Waals surface area contributed by atoms with Gasteiger partial charge in [-0.1, -0.05) is 13.8 Å². The molecule has 1 aliphatic heterocycles. The first-order valence-corrected chi connectivity index (χ1v) is 6.44. The highest BCUT2D eigenvalue weighted by Crippen LogP contribution is 2.37. The number of aliphatic hydroxyl groups excluding tert-OH is 1. The van der Waals surface area contributed by atoms with Gasteiger partial charge >= 0.3 is 0 Å². The zero-order valence-corrected chi connectivity index (χ0v) is 12.1. The summed E-state index contributed by atoms with van der Waals surface area (Å²) in [5.41, 5.74) is 5.08. The molecule has 0 saturated carbocycles. The second-order valence-corrected chi connectivity index (χ2v) is 4.90. The first-order chi connectivity index (χ1) is 9.77. The van der Waals surface area contributed by atoms with E-state index in [1.165, 1.54) is 11.0 Å². The molecule has 4 N–H and O–H groups in total. The van der Waals surface area contributed by atoms with E-state index in [9.17, 15) is 4.79 Å². The predicted molar refractivity (Wildman–Crippen MR) is 71.2 cm³/mol. The summed E-state index contributed by atoms with van der Waals surface area (Å²) in [4.78, 5) is 23.7. The third-order valence-corrected chi connectivity index (χ3v) is 3.35. The summed E-state index contributed by atoms with van der Waals surface area (Å²) in [5.74, 6) is -1.14. The lowest BCUT2D eigenvalue weighted by Crippen LogP contribution is -2.19. The summed E-state index contributed by atoms with van der Waals surface area (Å²) in [7, 11) is 0. The quantitative estimate of drug-likeness (QED) is 0.691. The molecule has 1 amide bonds. The molecule has 0 spiro atoms. The van der Waals surface area contributed by atoms with Gasteiger partial charge in [-0.25, -0.2) is 9.67 Å². The van der Waals surface area contributed by atoms with E-state index in [4.69, 9.17) is 25.5 Å². The molecule has 2 rings (SSSR count). The van der Waals surface area contributed by atoms with E-state index in [1.807, 2.05) is 13.8 Å². The van der Waals surface area contributed by atoms with Crippen LogP contribution in [-0.4, -0.2) is 49.6 Å². The molecule has 9 heteroatoms. The highest BCUT2D eigenvalue weighted by atomic mass is 16.5. The maximum Gasteiger partial charge on any atom is 0.300 e. The third-order valence-electron chi connectivity index (χ3n) is 3.35. The van der Waals surface area contributed by atoms with E-state index in [2.05, 4.69) is 10.1 Å². The Balaban J connectivity index is 0.000000491. The first-order valence-electron chi connectivity index (χ1n) is 6.44. The maximum atomic E-state index is 10.9. The Morgan fingerprint density at radius 1 is 1.43 bits per heavy atom. The first kappa shape index (κ1) is 17.1. The largest absolute Gasteiger partial charge is 0.481 e. The fraction of sp³-hybridized carbons (Fsp3) is 0.667. The predicted octanol–water partition coefficient (Wildman–Crippen LogP) is -0.370. The summed E-state index contributed by atoms with van der Waals surface area (Å²) >= 11 is 0. The summed E-state index contributed by atoms with van der Waals surface area (Å²) in [6.45, 7) is 5.08. The molecular formula is C12H20N4O5. The molecule has 21 heavy (non-hydrogen) atoms. The number of carbonyl (C=O) groups excluding carboxylic acids is 1. The number of aliphatic carboxylic acids is 1. The summed E-state index contributed by atoms with van der Waals surface area (Å²) in [6, 6.07) is 0. The molecular weight excluding hydrogens is 280 g/mol. The SMILES string of the molecule is CC(=O)O.CC1C(C)[C@@H](CO)O[C@H]1n1cnc(C(N)=O)n1. The standard InChI is InChI=1S/C10H16N4O3.C2H4O2/c1-5-6(2)10(17-7(5)3-15)14-4-12-9(13-14)8(11)16;1-2(3)4/h4-7,10,15H,3H2,1-2H3,(H2,11,16);1H3,(H,3,4)/t5?,6?,7-,10-;/m1./s1. The van der Waals surface area contributed by atoms with Gasteiger partial charge in [0.15, 0.2) is 6.23 Å². The van der Waals surface area contributed by atoms with Crippen molar-refractivity contribution >= 4 is 11.9 Å². The number of hydrogen-bond acceptors (Lipinski definition) is 6. The Hall–Kier alpha value is -2.00. The zero-order chi connectivity index (χ0) is 16.2. The summed E-state index contributed by atoms with van der Waals surface area (Å²) in [5, 5.41) is 20.6. The normalized spacial score (nSPS) is 27.8. The van der Waals surface area contributed by atoms with Crippen molar-refractivity contribution in [3.05, 3.63) is 12.2 Å². The Labute approximate surface area is 121 Å². The van der Waals surface area contributed by atoms with Crippen molar-refractivity contribution in [2.75, 3.05) is 6.61 Å². The number of ether oxygens (including phenoxy) is 1. The van der Waals surface area contributed by atoms with Gasteiger partial charge in [0.2, 0.25) is 5.82 Å². The van der Waals surface area contributed by atoms with Gasteiger partial charge < -0.3 is 20.7 Å². The molecule has 118 valence electrons. The van der Waals surface area contributed by atoms with Gasteiger partial charge in [0.05, 0.1) is 12.7 Å². The molecule has 0 radical (unpaired) electrons. The number of nitrogens with two attached hydrogens (primary N) is 1. The number of carboxylic acid groups (broad SMARTS) is 1. The topological polar surface area (TPSA) is 141 Å². The molecule has 4 atom stereocenters. The smallest absolute Gasteiger partial charge is 0.300 e. The average Bonchev–Trinajstić information content (AvgIpc) is 2.96. The van der Waals surface area contributed by atoms with Crippen LogP contribution in [0.5, 0.6) is 0 Å². The van der Waals surface area contributed by atoms with Crippen LogP contribution in [-0.2, 0) is 9.53 Å². The van der Waals surface area contributed by atoms with Crippen LogP contribution >= 0.6 is 0 Å². The van der Waals surface area contributed by atoms with Crippen LogP contribution in [0.3, 0.4) is 0 Å². The highest BCUT2D eigenvalue weighted by molar-refractivity contribution is 5.88. The molecule has 0 aliphatic carbocycles. The van der Waals surface area contributed by atoms with Gasteiger partial charge in [-0.15, -0.1) is 5.10 Å². The third kappa shape index (κ3) is 4.23. The van der Waals surface area contributed by atoms with Crippen LogP contribution in [0.25, 0.3) is 0 Å². The maximum absolute atomic E-state index is 10.9. The minimum atomic E-state index is -0.833. The molecule has 9 nitrogen and oxygen atoms in total. The molecule has 0 bridgehead atoms. The Morgan fingerprint density at radius 3 is 2.38 bits per heavy atom. The van der Waals surface area contributed by atoms with Crippen molar-refractivity contribution in [2.45, 2.75) is 33.1 Å². The number of carbonyl (C=O) groups is 2. The molecule has 1 saturated heterocycles. The lowest BCUT2D eigenvalue weighted by Gasteiger charge is -2.15. The van der Waals surface area contributed by atoms with Crippen LogP contribution in [0.4, 0.5) is 0 Å². The number of primary amides is 1. The molecule has 0 aromatic carbocycles. The van der Waals surface area contributed by atoms with E-state index < -0.39 is 11.9 Å². The van der Waals surface area contributed by atoms with Gasteiger partial charge in [0.1, 0.15) is 6.33 Å². The molecule has 1 fully saturated rings. The molecule has 1 aliphatic rings. The van der Waals surface area contributed by atoms with Crippen LogP contribution in [0, 0.1) is 11.8 Å². The van der Waals surface area contributed by atoms with Crippen molar-refractivity contribution in [2.24, 2.45) is 17.6 Å². The van der Waals surface area contributed by atoms with Crippen LogP contribution in [0.2, 0.25) is 0 Å². The molecule has 1 aromatic heterocycles.